The average molecular weight is 410 g/mol. The van der Waals surface area contributed by atoms with Crippen LogP contribution in [0.3, 0.4) is 0 Å². The van der Waals surface area contributed by atoms with Gasteiger partial charge in [-0.05, 0) is 29.6 Å². The molecule has 8 nitrogen and oxygen atoms in total. The van der Waals surface area contributed by atoms with Crippen LogP contribution in [0.5, 0.6) is 0 Å². The van der Waals surface area contributed by atoms with E-state index in [1.165, 1.54) is 0 Å². The maximum atomic E-state index is 5.88. The molecule has 6 aromatic heterocycles. The number of fused-ring (bicyclic) bond motifs is 2. The molecule has 0 spiro atoms. The molecule has 6 rings (SSSR count). The summed E-state index contributed by atoms with van der Waals surface area (Å²) in [7, 11) is 0. The SMILES string of the molecule is Nc1cncc(-c2ccc3[nH]nc(-c4nc5c(-c6cccs6)cncc5[nH]4)c3n2)c1. The van der Waals surface area contributed by atoms with Crippen LogP contribution in [-0.2, 0) is 0 Å². The zero-order valence-electron chi connectivity index (χ0n) is 15.5. The van der Waals surface area contributed by atoms with Gasteiger partial charge in [-0.1, -0.05) is 6.07 Å². The van der Waals surface area contributed by atoms with Crippen LogP contribution in [0.15, 0.2) is 60.5 Å². The molecule has 0 aliphatic carbocycles. The second-order valence-corrected chi connectivity index (χ2v) is 7.77. The largest absolute Gasteiger partial charge is 0.397 e. The molecule has 0 fully saturated rings. The Morgan fingerprint density at radius 2 is 1.83 bits per heavy atom. The fourth-order valence-electron chi connectivity index (χ4n) is 3.48. The zero-order chi connectivity index (χ0) is 20.1. The highest BCUT2D eigenvalue weighted by molar-refractivity contribution is 7.13. The summed E-state index contributed by atoms with van der Waals surface area (Å²) in [5.74, 6) is 0.636. The number of aromatic nitrogens is 7. The van der Waals surface area contributed by atoms with Crippen LogP contribution < -0.4 is 5.73 Å². The summed E-state index contributed by atoms with van der Waals surface area (Å²) in [6.07, 6.45) is 6.96. The number of nitrogens with zero attached hydrogens (tertiary/aromatic N) is 5. The Bertz CT molecular complexity index is 1510. The van der Waals surface area contributed by atoms with Gasteiger partial charge < -0.3 is 10.7 Å². The molecular weight excluding hydrogens is 396 g/mol. The molecular formula is C21H14N8S. The van der Waals surface area contributed by atoms with E-state index < -0.39 is 0 Å². The molecule has 0 radical (unpaired) electrons. The van der Waals surface area contributed by atoms with Crippen molar-refractivity contribution in [3.8, 4) is 33.2 Å². The van der Waals surface area contributed by atoms with Gasteiger partial charge in [-0.3, -0.25) is 15.1 Å². The maximum absolute atomic E-state index is 5.88. The number of imidazole rings is 1. The van der Waals surface area contributed by atoms with Gasteiger partial charge in [0.1, 0.15) is 11.0 Å². The summed E-state index contributed by atoms with van der Waals surface area (Å²) in [6.45, 7) is 0. The second kappa shape index (κ2) is 6.46. The smallest absolute Gasteiger partial charge is 0.161 e. The van der Waals surface area contributed by atoms with Gasteiger partial charge in [0.25, 0.3) is 0 Å². The third-order valence-electron chi connectivity index (χ3n) is 4.87. The molecule has 0 unspecified atom stereocenters. The van der Waals surface area contributed by atoms with E-state index in [-0.39, 0.29) is 0 Å². The lowest BCUT2D eigenvalue weighted by molar-refractivity contribution is 1.10. The highest BCUT2D eigenvalue weighted by atomic mass is 32.1. The number of H-pyrrole nitrogens is 2. The first-order valence-electron chi connectivity index (χ1n) is 9.20. The number of thiophene rings is 1. The molecule has 0 saturated heterocycles. The fourth-order valence-corrected chi connectivity index (χ4v) is 4.22. The molecule has 0 aliphatic heterocycles. The first-order chi connectivity index (χ1) is 14.8. The van der Waals surface area contributed by atoms with Crippen molar-refractivity contribution in [2.75, 3.05) is 5.73 Å². The predicted octanol–water partition coefficient (Wildman–Crippen LogP) is 4.27. The number of aromatic amines is 2. The number of nitrogens with one attached hydrogen (secondary N) is 2. The molecule has 6 heterocycles. The van der Waals surface area contributed by atoms with E-state index in [1.54, 1.807) is 29.9 Å². The van der Waals surface area contributed by atoms with Crippen molar-refractivity contribution >= 4 is 39.1 Å². The van der Waals surface area contributed by atoms with Crippen molar-refractivity contribution < 1.29 is 0 Å². The van der Waals surface area contributed by atoms with Crippen LogP contribution in [-0.4, -0.2) is 35.1 Å². The van der Waals surface area contributed by atoms with Gasteiger partial charge in [-0.15, -0.1) is 11.3 Å². The number of nitrogens with two attached hydrogens (primary N) is 1. The van der Waals surface area contributed by atoms with Crippen LogP contribution >= 0.6 is 11.3 Å². The van der Waals surface area contributed by atoms with Gasteiger partial charge in [-0.2, -0.15) is 5.10 Å². The lowest BCUT2D eigenvalue weighted by Crippen LogP contribution is -1.90. The zero-order valence-corrected chi connectivity index (χ0v) is 16.3. The monoisotopic (exact) mass is 410 g/mol. The topological polar surface area (TPSA) is 122 Å². The molecule has 0 saturated carbocycles. The molecule has 4 N–H and O–H groups in total. The Kier molecular flexibility index (Phi) is 3.62. The van der Waals surface area contributed by atoms with Crippen molar-refractivity contribution in [3.63, 3.8) is 0 Å². The first-order valence-corrected chi connectivity index (χ1v) is 10.1. The van der Waals surface area contributed by atoms with E-state index in [0.717, 1.165) is 43.8 Å². The van der Waals surface area contributed by atoms with E-state index in [1.807, 2.05) is 35.8 Å². The molecule has 0 aromatic carbocycles. The third kappa shape index (κ3) is 2.64. The van der Waals surface area contributed by atoms with Crippen molar-refractivity contribution in [2.45, 2.75) is 0 Å². The Labute approximate surface area is 173 Å². The Balaban J connectivity index is 1.52. The van der Waals surface area contributed by atoms with E-state index in [2.05, 4.69) is 31.2 Å². The molecule has 0 bridgehead atoms. The van der Waals surface area contributed by atoms with Gasteiger partial charge in [0.15, 0.2) is 11.5 Å². The predicted molar refractivity (Wildman–Crippen MR) is 118 cm³/mol. The van der Waals surface area contributed by atoms with Crippen LogP contribution in [0, 0.1) is 0 Å². The summed E-state index contributed by atoms with van der Waals surface area (Å²) >= 11 is 1.66. The minimum absolute atomic E-state index is 0.590. The Hall–Kier alpha value is -4.11. The molecule has 0 amide bonds. The summed E-state index contributed by atoms with van der Waals surface area (Å²) in [5.41, 5.74) is 13.0. The Morgan fingerprint density at radius 1 is 0.900 bits per heavy atom. The second-order valence-electron chi connectivity index (χ2n) is 6.82. The number of nitrogen functional groups attached to an aromatic ring is 1. The third-order valence-corrected chi connectivity index (χ3v) is 5.77. The quantitative estimate of drug-likeness (QED) is 0.400. The van der Waals surface area contributed by atoms with Crippen LogP contribution in [0.2, 0.25) is 0 Å². The fraction of sp³-hybridized carbons (Fsp3) is 0. The van der Waals surface area contributed by atoms with Gasteiger partial charge in [-0.25, -0.2) is 9.97 Å². The van der Waals surface area contributed by atoms with E-state index in [0.29, 0.717) is 17.2 Å². The van der Waals surface area contributed by atoms with Gasteiger partial charge in [0.2, 0.25) is 0 Å². The number of anilines is 1. The number of pyridine rings is 3. The maximum Gasteiger partial charge on any atom is 0.161 e. The summed E-state index contributed by atoms with van der Waals surface area (Å²) in [6, 6.07) is 9.79. The van der Waals surface area contributed by atoms with Crippen LogP contribution in [0.4, 0.5) is 5.69 Å². The lowest BCUT2D eigenvalue weighted by atomic mass is 10.1. The average Bonchev–Trinajstić information content (AvgIpc) is 3.51. The molecule has 0 atom stereocenters. The molecule has 9 heteroatoms. The summed E-state index contributed by atoms with van der Waals surface area (Å²) < 4.78 is 0. The van der Waals surface area contributed by atoms with Crippen molar-refractivity contribution in [1.29, 1.82) is 0 Å². The minimum atomic E-state index is 0.590. The first kappa shape index (κ1) is 16.8. The summed E-state index contributed by atoms with van der Waals surface area (Å²) in [4.78, 5) is 22.6. The number of hydrogen-bond acceptors (Lipinski definition) is 7. The van der Waals surface area contributed by atoms with E-state index in [9.17, 15) is 0 Å². The molecule has 0 aliphatic rings. The number of rotatable bonds is 3. The van der Waals surface area contributed by atoms with Crippen molar-refractivity contribution in [1.82, 2.24) is 35.1 Å². The molecule has 144 valence electrons. The lowest BCUT2D eigenvalue weighted by Gasteiger charge is -2.02. The van der Waals surface area contributed by atoms with E-state index >= 15 is 0 Å². The highest BCUT2D eigenvalue weighted by Crippen LogP contribution is 2.33. The van der Waals surface area contributed by atoms with Gasteiger partial charge >= 0.3 is 0 Å². The summed E-state index contributed by atoms with van der Waals surface area (Å²) in [5, 5.41) is 9.54. The number of hydrogen-bond donors (Lipinski definition) is 3. The molecule has 6 aromatic rings. The standard InChI is InChI=1S/C21H14N8S/c22-12-6-11(7-23-8-12)14-3-4-15-19(25-14)20(29-28-15)21-26-16-10-24-9-13(18(16)27-21)17-2-1-5-30-17/h1-10H,22H2,(H,26,27)(H,28,29). The minimum Gasteiger partial charge on any atom is -0.397 e. The van der Waals surface area contributed by atoms with Crippen molar-refractivity contribution in [2.24, 2.45) is 0 Å². The Morgan fingerprint density at radius 3 is 2.70 bits per heavy atom. The van der Waals surface area contributed by atoms with Crippen molar-refractivity contribution in [3.05, 3.63) is 60.5 Å². The van der Waals surface area contributed by atoms with Gasteiger partial charge in [0, 0.05) is 34.6 Å². The van der Waals surface area contributed by atoms with Gasteiger partial charge in [0.05, 0.1) is 28.6 Å². The highest BCUT2D eigenvalue weighted by Gasteiger charge is 2.17. The van der Waals surface area contributed by atoms with E-state index in [4.69, 9.17) is 15.7 Å². The van der Waals surface area contributed by atoms with Crippen LogP contribution in [0.1, 0.15) is 0 Å². The normalized spacial score (nSPS) is 11.5. The molecule has 30 heavy (non-hydrogen) atoms. The van der Waals surface area contributed by atoms with Crippen LogP contribution in [0.25, 0.3) is 55.3 Å².